The molecule has 32 heavy (non-hydrogen) atoms. The molecule has 0 bridgehead atoms. The molecule has 0 radical (unpaired) electrons. The van der Waals surface area contributed by atoms with Gasteiger partial charge in [0.15, 0.2) is 0 Å². The molecule has 5 nitrogen and oxygen atoms in total. The summed E-state index contributed by atoms with van der Waals surface area (Å²) in [6, 6.07) is 7.90. The van der Waals surface area contributed by atoms with E-state index in [1.165, 1.54) is 30.2 Å². The Bertz CT molecular complexity index is 1140. The van der Waals surface area contributed by atoms with Gasteiger partial charge in [-0.3, -0.25) is 4.90 Å². The van der Waals surface area contributed by atoms with Gasteiger partial charge in [0.1, 0.15) is 22.6 Å². The number of halogens is 4. The van der Waals surface area contributed by atoms with E-state index in [0.29, 0.717) is 10.5 Å². The predicted octanol–water partition coefficient (Wildman–Crippen LogP) is 7.23. The normalized spacial score (nSPS) is 12.5. The molecule has 1 atom stereocenters. The molecule has 2 heterocycles. The van der Waals surface area contributed by atoms with Crippen LogP contribution in [0.5, 0.6) is 0 Å². The first kappa shape index (κ1) is 24.2. The summed E-state index contributed by atoms with van der Waals surface area (Å²) in [6.45, 7) is 5.15. The van der Waals surface area contributed by atoms with E-state index < -0.39 is 28.5 Å². The second-order valence-electron chi connectivity index (χ2n) is 7.83. The summed E-state index contributed by atoms with van der Waals surface area (Å²) in [6.07, 6.45) is 1.60. The third-order valence-corrected chi connectivity index (χ3v) is 6.24. The number of hydrogen-bond acceptors (Lipinski definition) is 4. The summed E-state index contributed by atoms with van der Waals surface area (Å²) in [4.78, 5) is 21.8. The van der Waals surface area contributed by atoms with Gasteiger partial charge in [-0.15, -0.1) is 11.8 Å². The van der Waals surface area contributed by atoms with Crippen molar-refractivity contribution in [3.05, 3.63) is 81.7 Å². The largest absolute Gasteiger partial charge is 0.465 e. The summed E-state index contributed by atoms with van der Waals surface area (Å²) in [5.74, 6) is -1.14. The molecule has 1 N–H and O–H groups in total. The first-order chi connectivity index (χ1) is 15.0. The highest BCUT2D eigenvalue weighted by atomic mass is 35.5. The van der Waals surface area contributed by atoms with Gasteiger partial charge in [-0.05, 0) is 62.7 Å². The van der Waals surface area contributed by atoms with Crippen molar-refractivity contribution in [2.45, 2.75) is 36.5 Å². The number of aromatic nitrogens is 2. The topological polar surface area (TPSA) is 66.3 Å². The quantitative estimate of drug-likeness (QED) is 0.297. The van der Waals surface area contributed by atoms with Crippen LogP contribution in [0.2, 0.25) is 10.2 Å². The van der Waals surface area contributed by atoms with Crippen LogP contribution in [0.3, 0.4) is 0 Å². The maximum atomic E-state index is 14.8. The molecule has 0 aliphatic carbocycles. The zero-order valence-corrected chi connectivity index (χ0v) is 19.6. The van der Waals surface area contributed by atoms with Crippen molar-refractivity contribution in [1.82, 2.24) is 9.97 Å². The van der Waals surface area contributed by atoms with Gasteiger partial charge in [0.25, 0.3) is 0 Å². The van der Waals surface area contributed by atoms with Crippen LogP contribution in [0.15, 0.2) is 53.7 Å². The molecule has 1 aromatic carbocycles. The number of carboxylic acid groups (broad SMARTS) is 1. The number of anilines is 1. The number of nitrogens with zero attached hydrogens (tertiary/aromatic N) is 3. The smallest absolute Gasteiger partial charge is 0.413 e. The van der Waals surface area contributed by atoms with Crippen LogP contribution >= 0.6 is 35.0 Å². The highest BCUT2D eigenvalue weighted by Crippen LogP contribution is 2.45. The maximum Gasteiger partial charge on any atom is 0.413 e. The highest BCUT2D eigenvalue weighted by Gasteiger charge is 2.31. The number of thioether (sulfide) groups is 1. The van der Waals surface area contributed by atoms with Crippen molar-refractivity contribution < 1.29 is 18.7 Å². The lowest BCUT2D eigenvalue weighted by atomic mass is 10.0. The van der Waals surface area contributed by atoms with Crippen LogP contribution in [0.1, 0.15) is 37.1 Å². The van der Waals surface area contributed by atoms with Crippen LogP contribution in [-0.2, 0) is 0 Å². The lowest BCUT2D eigenvalue weighted by Crippen LogP contribution is -2.45. The molecule has 2 aromatic heterocycles. The van der Waals surface area contributed by atoms with E-state index in [1.807, 2.05) is 0 Å². The van der Waals surface area contributed by atoms with Gasteiger partial charge < -0.3 is 5.11 Å². The molecule has 0 saturated heterocycles. The van der Waals surface area contributed by atoms with E-state index >= 15 is 0 Å². The molecule has 168 valence electrons. The van der Waals surface area contributed by atoms with Crippen LogP contribution in [0.25, 0.3) is 0 Å². The molecule has 3 aromatic rings. The van der Waals surface area contributed by atoms with E-state index in [4.69, 9.17) is 23.2 Å². The molecule has 0 saturated carbocycles. The molecule has 1 unspecified atom stereocenters. The van der Waals surface area contributed by atoms with E-state index in [2.05, 4.69) is 9.97 Å². The Morgan fingerprint density at radius 3 is 2.38 bits per heavy atom. The molecule has 0 aliphatic rings. The minimum Gasteiger partial charge on any atom is -0.465 e. The average molecular weight is 498 g/mol. The van der Waals surface area contributed by atoms with E-state index in [1.54, 1.807) is 32.9 Å². The Labute approximate surface area is 198 Å². The lowest BCUT2D eigenvalue weighted by molar-refractivity contribution is 0.195. The Kier molecular flexibility index (Phi) is 7.27. The minimum absolute atomic E-state index is 0.0432. The van der Waals surface area contributed by atoms with Gasteiger partial charge in [-0.1, -0.05) is 23.2 Å². The van der Waals surface area contributed by atoms with Gasteiger partial charge in [0, 0.05) is 28.4 Å². The zero-order chi connectivity index (χ0) is 23.6. The number of carbonyl (C=O) groups is 1. The summed E-state index contributed by atoms with van der Waals surface area (Å²) in [7, 11) is 0. The average Bonchev–Trinajstić information content (AvgIpc) is 2.70. The number of hydrogen-bond donors (Lipinski definition) is 1. The Morgan fingerprint density at radius 2 is 1.78 bits per heavy atom. The fourth-order valence-corrected chi connectivity index (χ4v) is 4.62. The summed E-state index contributed by atoms with van der Waals surface area (Å²) in [5.41, 5.74) is -0.394. The Morgan fingerprint density at radius 1 is 1.06 bits per heavy atom. The third kappa shape index (κ3) is 5.49. The van der Waals surface area contributed by atoms with Crippen LogP contribution in [0, 0.1) is 11.6 Å². The summed E-state index contributed by atoms with van der Waals surface area (Å²) < 4.78 is 28.8. The van der Waals surface area contributed by atoms with E-state index in [-0.39, 0.29) is 21.6 Å². The summed E-state index contributed by atoms with van der Waals surface area (Å²) >= 11 is 13.5. The molecular formula is C22H19Cl2F2N3O2S. The third-order valence-electron chi connectivity index (χ3n) is 4.44. The van der Waals surface area contributed by atoms with E-state index in [0.717, 1.165) is 23.1 Å². The van der Waals surface area contributed by atoms with Crippen LogP contribution in [-0.4, -0.2) is 26.7 Å². The van der Waals surface area contributed by atoms with Crippen LogP contribution in [0.4, 0.5) is 19.4 Å². The molecular weight excluding hydrogens is 479 g/mol. The predicted molar refractivity (Wildman–Crippen MR) is 123 cm³/mol. The number of amides is 1. The molecule has 0 spiro atoms. The fraction of sp³-hybridized carbons (Fsp3) is 0.227. The van der Waals surface area contributed by atoms with Crippen molar-refractivity contribution in [3.8, 4) is 0 Å². The Hall–Kier alpha value is -2.42. The van der Waals surface area contributed by atoms with Crippen molar-refractivity contribution in [3.63, 3.8) is 0 Å². The number of pyridine rings is 2. The van der Waals surface area contributed by atoms with E-state index in [9.17, 15) is 18.7 Å². The van der Waals surface area contributed by atoms with Crippen molar-refractivity contribution in [2.75, 3.05) is 4.90 Å². The first-order valence-electron chi connectivity index (χ1n) is 9.39. The standard InChI is InChI=1S/C22H19Cl2F2N3O2S/c1-22(2,3)29(21(30)31)19-9-14(16(23)11-28-19)20(15-8-12(25)4-6-17(15)26)32-13-5-7-18(24)27-10-13/h4-11,20H,1-3H3,(H,30,31). The minimum atomic E-state index is -1.21. The number of benzene rings is 1. The van der Waals surface area contributed by atoms with Gasteiger partial charge in [-0.2, -0.15) is 0 Å². The molecule has 0 aliphatic heterocycles. The van der Waals surface area contributed by atoms with Gasteiger partial charge in [0.05, 0.1) is 10.3 Å². The highest BCUT2D eigenvalue weighted by molar-refractivity contribution is 7.99. The van der Waals surface area contributed by atoms with Crippen molar-refractivity contribution in [1.29, 1.82) is 0 Å². The molecule has 1 amide bonds. The van der Waals surface area contributed by atoms with Gasteiger partial charge >= 0.3 is 6.09 Å². The SMILES string of the molecule is CC(C)(C)N(C(=O)O)c1cc(C(Sc2ccc(Cl)nc2)c2cc(F)ccc2F)c(Cl)cn1. The van der Waals surface area contributed by atoms with Gasteiger partial charge in [0.2, 0.25) is 0 Å². The monoisotopic (exact) mass is 497 g/mol. The summed E-state index contributed by atoms with van der Waals surface area (Å²) in [5, 5.41) is 9.38. The number of rotatable bonds is 5. The van der Waals surface area contributed by atoms with Crippen molar-refractivity contribution >= 4 is 46.9 Å². The first-order valence-corrected chi connectivity index (χ1v) is 11.0. The maximum absolute atomic E-state index is 14.8. The molecule has 0 fully saturated rings. The Balaban J connectivity index is 2.19. The fourth-order valence-electron chi connectivity index (χ4n) is 3.07. The molecule has 3 rings (SSSR count). The van der Waals surface area contributed by atoms with Gasteiger partial charge in [-0.25, -0.2) is 23.5 Å². The lowest BCUT2D eigenvalue weighted by Gasteiger charge is -2.32. The van der Waals surface area contributed by atoms with Crippen LogP contribution < -0.4 is 4.90 Å². The second kappa shape index (κ2) is 9.60. The second-order valence-corrected chi connectivity index (χ2v) is 9.81. The zero-order valence-electron chi connectivity index (χ0n) is 17.3. The molecule has 10 heteroatoms. The van der Waals surface area contributed by atoms with Crippen molar-refractivity contribution in [2.24, 2.45) is 0 Å².